The molecule has 2 fully saturated rings. The summed E-state index contributed by atoms with van der Waals surface area (Å²) in [4.78, 5) is 49.8. The van der Waals surface area contributed by atoms with Crippen LogP contribution in [0.25, 0.3) is 0 Å². The highest BCUT2D eigenvalue weighted by atomic mass is 35.5. The van der Waals surface area contributed by atoms with Gasteiger partial charge in [-0.3, -0.25) is 24.3 Å². The van der Waals surface area contributed by atoms with E-state index in [-0.39, 0.29) is 46.6 Å². The summed E-state index contributed by atoms with van der Waals surface area (Å²) in [6.45, 7) is 18.9. The first-order valence-corrected chi connectivity index (χ1v) is 13.7. The molecule has 1 N–H and O–H groups in total. The van der Waals surface area contributed by atoms with Crippen molar-refractivity contribution in [2.45, 2.75) is 85.4 Å². The number of nitrogens with zero attached hydrogens (tertiary/aromatic N) is 4. The van der Waals surface area contributed by atoms with Gasteiger partial charge in [-0.2, -0.15) is 0 Å². The van der Waals surface area contributed by atoms with Gasteiger partial charge in [0.05, 0.1) is 10.9 Å². The van der Waals surface area contributed by atoms with Crippen molar-refractivity contribution in [3.05, 3.63) is 29.0 Å². The van der Waals surface area contributed by atoms with Gasteiger partial charge in [-0.05, 0) is 51.7 Å². The third kappa shape index (κ3) is 7.44. The van der Waals surface area contributed by atoms with Crippen LogP contribution in [0.1, 0.15) is 73.4 Å². The van der Waals surface area contributed by atoms with Gasteiger partial charge < -0.3 is 15.1 Å². The summed E-state index contributed by atoms with van der Waals surface area (Å²) in [5.41, 5.74) is 0.705. The van der Waals surface area contributed by atoms with E-state index in [9.17, 15) is 14.4 Å². The summed E-state index contributed by atoms with van der Waals surface area (Å²) in [5, 5.41) is 3.42. The van der Waals surface area contributed by atoms with Crippen LogP contribution >= 0.6 is 11.6 Å². The van der Waals surface area contributed by atoms with E-state index in [0.717, 1.165) is 12.2 Å². The molecule has 0 bridgehead atoms. The summed E-state index contributed by atoms with van der Waals surface area (Å²) in [6, 6.07) is 3.07. The minimum absolute atomic E-state index is 0.0215. The standard InChI is InChI=1S/C28H44ClN5O3/c1-18-15-32(26(37)24(31-19(2)35)13-27(3,4)5)11-12-34(18)25(36)22-17-33(28(6,7)8)16-21(22)23-10-9-20(29)14-30-23/h9-10,14,18,21-22,24H,11-13,15-17H2,1-8H3,(H,31,35)/t18-,21?,22?,24-/m0/s1. The fourth-order valence-electron chi connectivity index (χ4n) is 5.48. The summed E-state index contributed by atoms with van der Waals surface area (Å²) in [5.74, 6) is -0.415. The number of hydrogen-bond donors (Lipinski definition) is 1. The zero-order chi connectivity index (χ0) is 27.7. The molecule has 9 heteroatoms. The molecule has 2 aliphatic rings. The Labute approximate surface area is 227 Å². The van der Waals surface area contributed by atoms with E-state index in [0.29, 0.717) is 37.6 Å². The molecule has 37 heavy (non-hydrogen) atoms. The summed E-state index contributed by atoms with van der Waals surface area (Å²) >= 11 is 6.08. The number of likely N-dealkylation sites (tertiary alicyclic amines) is 1. The molecular formula is C28H44ClN5O3. The minimum Gasteiger partial charge on any atom is -0.345 e. The summed E-state index contributed by atoms with van der Waals surface area (Å²) < 4.78 is 0. The van der Waals surface area contributed by atoms with Crippen LogP contribution in [0.2, 0.25) is 5.02 Å². The normalized spacial score (nSPS) is 24.2. The molecule has 2 aliphatic heterocycles. The maximum atomic E-state index is 14.0. The Kier molecular flexibility index (Phi) is 8.95. The smallest absolute Gasteiger partial charge is 0.245 e. The number of rotatable bonds is 5. The van der Waals surface area contributed by atoms with Crippen LogP contribution in [0.5, 0.6) is 0 Å². The fourth-order valence-corrected chi connectivity index (χ4v) is 5.60. The predicted octanol–water partition coefficient (Wildman–Crippen LogP) is 3.55. The predicted molar refractivity (Wildman–Crippen MR) is 146 cm³/mol. The zero-order valence-electron chi connectivity index (χ0n) is 23.7. The van der Waals surface area contributed by atoms with E-state index in [1.165, 1.54) is 6.92 Å². The van der Waals surface area contributed by atoms with E-state index in [2.05, 4.69) is 56.7 Å². The van der Waals surface area contributed by atoms with Gasteiger partial charge in [0.1, 0.15) is 6.04 Å². The van der Waals surface area contributed by atoms with Crippen molar-refractivity contribution >= 4 is 29.3 Å². The van der Waals surface area contributed by atoms with Crippen LogP contribution in [-0.4, -0.2) is 87.8 Å². The largest absolute Gasteiger partial charge is 0.345 e. The first-order chi connectivity index (χ1) is 17.1. The Balaban J connectivity index is 1.75. The monoisotopic (exact) mass is 533 g/mol. The molecule has 2 saturated heterocycles. The Morgan fingerprint density at radius 1 is 1.08 bits per heavy atom. The first-order valence-electron chi connectivity index (χ1n) is 13.3. The Bertz CT molecular complexity index is 985. The molecule has 3 amide bonds. The number of aromatic nitrogens is 1. The molecule has 3 heterocycles. The van der Waals surface area contributed by atoms with Crippen molar-refractivity contribution in [1.29, 1.82) is 0 Å². The van der Waals surface area contributed by atoms with Crippen molar-refractivity contribution in [2.24, 2.45) is 11.3 Å². The SMILES string of the molecule is CC(=O)N[C@@H](CC(C)(C)C)C(=O)N1CCN(C(=O)C2CN(C(C)(C)C)CC2c2ccc(Cl)cn2)[C@@H](C)C1. The third-order valence-electron chi connectivity index (χ3n) is 7.43. The van der Waals surface area contributed by atoms with Gasteiger partial charge in [0, 0.05) is 69.0 Å². The van der Waals surface area contributed by atoms with Crippen LogP contribution in [0.3, 0.4) is 0 Å². The van der Waals surface area contributed by atoms with E-state index < -0.39 is 6.04 Å². The number of hydrogen-bond acceptors (Lipinski definition) is 5. The van der Waals surface area contributed by atoms with Gasteiger partial charge in [-0.15, -0.1) is 0 Å². The Morgan fingerprint density at radius 2 is 1.76 bits per heavy atom. The van der Waals surface area contributed by atoms with E-state index in [4.69, 9.17) is 11.6 Å². The van der Waals surface area contributed by atoms with Crippen LogP contribution in [0, 0.1) is 11.3 Å². The molecule has 3 rings (SSSR count). The lowest BCUT2D eigenvalue weighted by molar-refractivity contribution is -0.147. The topological polar surface area (TPSA) is 85.8 Å². The van der Waals surface area contributed by atoms with Gasteiger partial charge in [-0.25, -0.2) is 0 Å². The van der Waals surface area contributed by atoms with Gasteiger partial charge in [-0.1, -0.05) is 32.4 Å². The van der Waals surface area contributed by atoms with Gasteiger partial charge >= 0.3 is 0 Å². The highest BCUT2D eigenvalue weighted by molar-refractivity contribution is 6.30. The number of pyridine rings is 1. The molecule has 1 aromatic heterocycles. The average molecular weight is 534 g/mol. The van der Waals surface area contributed by atoms with Gasteiger partial charge in [0.2, 0.25) is 17.7 Å². The molecule has 0 radical (unpaired) electrons. The van der Waals surface area contributed by atoms with E-state index in [1.807, 2.05) is 24.0 Å². The summed E-state index contributed by atoms with van der Waals surface area (Å²) in [6.07, 6.45) is 2.20. The maximum Gasteiger partial charge on any atom is 0.245 e. The fraction of sp³-hybridized carbons (Fsp3) is 0.714. The number of amides is 3. The zero-order valence-corrected chi connectivity index (χ0v) is 24.4. The van der Waals surface area contributed by atoms with Crippen molar-refractivity contribution < 1.29 is 14.4 Å². The van der Waals surface area contributed by atoms with Crippen LogP contribution in [-0.2, 0) is 14.4 Å². The number of halogens is 1. The number of carbonyl (C=O) groups excluding carboxylic acids is 3. The lowest BCUT2D eigenvalue weighted by Crippen LogP contribution is -2.60. The van der Waals surface area contributed by atoms with Crippen molar-refractivity contribution in [2.75, 3.05) is 32.7 Å². The highest BCUT2D eigenvalue weighted by Gasteiger charge is 2.45. The van der Waals surface area contributed by atoms with E-state index in [1.54, 1.807) is 11.1 Å². The van der Waals surface area contributed by atoms with E-state index >= 15 is 0 Å². The maximum absolute atomic E-state index is 14.0. The van der Waals surface area contributed by atoms with Crippen molar-refractivity contribution in [1.82, 2.24) is 25.0 Å². The average Bonchev–Trinajstić information content (AvgIpc) is 3.23. The second-order valence-corrected chi connectivity index (χ2v) is 13.3. The number of nitrogens with one attached hydrogen (secondary N) is 1. The summed E-state index contributed by atoms with van der Waals surface area (Å²) in [7, 11) is 0. The van der Waals surface area contributed by atoms with Crippen molar-refractivity contribution in [3.63, 3.8) is 0 Å². The molecule has 0 spiro atoms. The Morgan fingerprint density at radius 3 is 2.27 bits per heavy atom. The van der Waals surface area contributed by atoms with Crippen LogP contribution in [0.15, 0.2) is 18.3 Å². The molecule has 0 saturated carbocycles. The number of carbonyl (C=O) groups is 3. The van der Waals surface area contributed by atoms with Crippen LogP contribution < -0.4 is 5.32 Å². The quantitative estimate of drug-likeness (QED) is 0.625. The molecular weight excluding hydrogens is 490 g/mol. The molecule has 1 aromatic rings. The van der Waals surface area contributed by atoms with Crippen LogP contribution in [0.4, 0.5) is 0 Å². The van der Waals surface area contributed by atoms with Gasteiger partial charge in [0.15, 0.2) is 0 Å². The highest BCUT2D eigenvalue weighted by Crippen LogP contribution is 2.37. The molecule has 0 aliphatic carbocycles. The Hall–Kier alpha value is -2.19. The molecule has 8 nitrogen and oxygen atoms in total. The number of piperazine rings is 1. The molecule has 2 unspecified atom stereocenters. The lowest BCUT2D eigenvalue weighted by Gasteiger charge is -2.42. The first kappa shape index (κ1) is 29.4. The minimum atomic E-state index is -0.567. The lowest BCUT2D eigenvalue weighted by atomic mass is 9.87. The second-order valence-electron chi connectivity index (χ2n) is 12.9. The van der Waals surface area contributed by atoms with Gasteiger partial charge in [0.25, 0.3) is 0 Å². The molecule has 4 atom stereocenters. The third-order valence-corrected chi connectivity index (χ3v) is 7.65. The van der Waals surface area contributed by atoms with Crippen molar-refractivity contribution in [3.8, 4) is 0 Å². The molecule has 0 aromatic carbocycles. The molecule has 206 valence electrons. The second kappa shape index (κ2) is 11.3.